The molecular formula is C71H134O17P2. The summed E-state index contributed by atoms with van der Waals surface area (Å²) in [6.07, 6.45) is 50.7. The number of allylic oxidation sites excluding steroid dienone is 4. The fourth-order valence-electron chi connectivity index (χ4n) is 10.2. The summed E-state index contributed by atoms with van der Waals surface area (Å²) in [5, 5.41) is 10.6. The first-order valence-corrected chi connectivity index (χ1v) is 39.3. The number of rotatable bonds is 68. The molecule has 2 unspecified atom stereocenters. The van der Waals surface area contributed by atoms with E-state index in [-0.39, 0.29) is 25.7 Å². The summed E-state index contributed by atoms with van der Waals surface area (Å²) in [6, 6.07) is 0. The van der Waals surface area contributed by atoms with E-state index < -0.39 is 97.5 Å². The second-order valence-corrected chi connectivity index (χ2v) is 28.8. The third-order valence-corrected chi connectivity index (χ3v) is 17.7. The van der Waals surface area contributed by atoms with E-state index in [4.69, 9.17) is 37.0 Å². The van der Waals surface area contributed by atoms with Crippen LogP contribution in [-0.2, 0) is 65.4 Å². The molecule has 0 fully saturated rings. The molecule has 3 N–H and O–H groups in total. The van der Waals surface area contributed by atoms with Gasteiger partial charge in [0, 0.05) is 25.7 Å². The van der Waals surface area contributed by atoms with E-state index in [1.807, 2.05) is 0 Å². The van der Waals surface area contributed by atoms with Crippen molar-refractivity contribution in [3.8, 4) is 0 Å². The van der Waals surface area contributed by atoms with Gasteiger partial charge in [-0.2, -0.15) is 0 Å². The van der Waals surface area contributed by atoms with Crippen LogP contribution in [0.25, 0.3) is 0 Å². The highest BCUT2D eigenvalue weighted by Crippen LogP contribution is 2.45. The van der Waals surface area contributed by atoms with Gasteiger partial charge in [-0.05, 0) is 63.2 Å². The van der Waals surface area contributed by atoms with Crippen molar-refractivity contribution >= 4 is 39.5 Å². The van der Waals surface area contributed by atoms with Gasteiger partial charge in [0.15, 0.2) is 12.2 Å². The molecule has 17 nitrogen and oxygen atoms in total. The van der Waals surface area contributed by atoms with Gasteiger partial charge in [-0.25, -0.2) is 9.13 Å². The summed E-state index contributed by atoms with van der Waals surface area (Å²) in [5.74, 6) is -0.670. The number of phosphoric acid groups is 2. The van der Waals surface area contributed by atoms with Crippen molar-refractivity contribution in [1.82, 2.24) is 0 Å². The number of aliphatic hydroxyl groups is 1. The molecular weight excluding hydrogens is 1190 g/mol. The van der Waals surface area contributed by atoms with Crippen LogP contribution in [0, 0.1) is 11.8 Å². The Hall–Kier alpha value is -2.46. The molecule has 5 atom stereocenters. The molecule has 90 heavy (non-hydrogen) atoms. The molecule has 0 saturated carbocycles. The topological polar surface area (TPSA) is 237 Å². The third kappa shape index (κ3) is 64.3. The first-order chi connectivity index (χ1) is 43.4. The van der Waals surface area contributed by atoms with E-state index >= 15 is 0 Å². The number of carbonyl (C=O) groups is 4. The molecule has 0 rings (SSSR count). The molecule has 0 spiro atoms. The summed E-state index contributed by atoms with van der Waals surface area (Å²) in [6.45, 7) is 9.44. The first kappa shape index (κ1) is 87.5. The fourth-order valence-corrected chi connectivity index (χ4v) is 11.8. The van der Waals surface area contributed by atoms with Crippen LogP contribution >= 0.6 is 15.6 Å². The van der Waals surface area contributed by atoms with Crippen LogP contribution in [0.4, 0.5) is 0 Å². The van der Waals surface area contributed by atoms with E-state index in [2.05, 4.69) is 65.8 Å². The maximum absolute atomic E-state index is 13.0. The van der Waals surface area contributed by atoms with Gasteiger partial charge in [0.25, 0.3) is 0 Å². The molecule has 0 aromatic heterocycles. The van der Waals surface area contributed by atoms with Crippen LogP contribution in [0.15, 0.2) is 24.3 Å². The zero-order chi connectivity index (χ0) is 66.5. The monoisotopic (exact) mass is 1320 g/mol. The SMILES string of the molecule is CCCCCC/C=C\C=C/CCCCCCCC(=O)O[C@H](COC(=O)CCCCCCCCCCCCCC(C)C)COP(=O)(O)OC[C@@H](O)COP(=O)(O)OC[C@@H](COC(=O)CCCCCCCCCCCC)OC(=O)CCCCCCCCCCC(C)C. The van der Waals surface area contributed by atoms with Gasteiger partial charge in [0.1, 0.15) is 19.3 Å². The van der Waals surface area contributed by atoms with Crippen LogP contribution in [0.3, 0.4) is 0 Å². The average molecular weight is 1320 g/mol. The van der Waals surface area contributed by atoms with Crippen molar-refractivity contribution in [3.63, 3.8) is 0 Å². The quantitative estimate of drug-likeness (QED) is 0.0169. The van der Waals surface area contributed by atoms with Gasteiger partial charge >= 0.3 is 39.5 Å². The van der Waals surface area contributed by atoms with Crippen molar-refractivity contribution in [1.29, 1.82) is 0 Å². The van der Waals surface area contributed by atoms with E-state index in [0.717, 1.165) is 115 Å². The Morgan fingerprint density at radius 2 is 0.600 bits per heavy atom. The molecule has 0 saturated heterocycles. The highest BCUT2D eigenvalue weighted by molar-refractivity contribution is 7.47. The summed E-state index contributed by atoms with van der Waals surface area (Å²) in [4.78, 5) is 72.5. The lowest BCUT2D eigenvalue weighted by Crippen LogP contribution is -2.30. The van der Waals surface area contributed by atoms with Gasteiger partial charge in [-0.1, -0.05) is 284 Å². The molecule has 0 aliphatic heterocycles. The maximum atomic E-state index is 13.0. The number of hydrogen-bond donors (Lipinski definition) is 3. The normalized spacial score (nSPS) is 14.3. The molecule has 0 aromatic carbocycles. The molecule has 0 aliphatic carbocycles. The van der Waals surface area contributed by atoms with Crippen molar-refractivity contribution < 1.29 is 80.2 Å². The zero-order valence-electron chi connectivity index (χ0n) is 57.9. The minimum absolute atomic E-state index is 0.0847. The fraction of sp³-hybridized carbons (Fsp3) is 0.887. The number of carbonyl (C=O) groups excluding carboxylic acids is 4. The lowest BCUT2D eigenvalue weighted by Gasteiger charge is -2.21. The number of aliphatic hydroxyl groups excluding tert-OH is 1. The Kier molecular flexibility index (Phi) is 60.9. The summed E-state index contributed by atoms with van der Waals surface area (Å²) in [5.41, 5.74) is 0. The molecule has 0 radical (unpaired) electrons. The van der Waals surface area contributed by atoms with Crippen LogP contribution in [-0.4, -0.2) is 96.7 Å². The zero-order valence-corrected chi connectivity index (χ0v) is 59.7. The summed E-state index contributed by atoms with van der Waals surface area (Å²) in [7, 11) is -9.91. The van der Waals surface area contributed by atoms with Gasteiger partial charge in [-0.15, -0.1) is 0 Å². The van der Waals surface area contributed by atoms with Crippen molar-refractivity contribution in [2.24, 2.45) is 11.8 Å². The highest BCUT2D eigenvalue weighted by Gasteiger charge is 2.30. The first-order valence-electron chi connectivity index (χ1n) is 36.3. The minimum atomic E-state index is -4.96. The number of ether oxygens (including phenoxy) is 4. The van der Waals surface area contributed by atoms with Crippen molar-refractivity contribution in [2.75, 3.05) is 39.6 Å². The number of esters is 4. The number of phosphoric ester groups is 2. The Morgan fingerprint density at radius 3 is 0.911 bits per heavy atom. The highest BCUT2D eigenvalue weighted by atomic mass is 31.2. The Morgan fingerprint density at radius 1 is 0.344 bits per heavy atom. The van der Waals surface area contributed by atoms with Crippen LogP contribution < -0.4 is 0 Å². The smallest absolute Gasteiger partial charge is 0.462 e. The predicted molar refractivity (Wildman–Crippen MR) is 363 cm³/mol. The summed E-state index contributed by atoms with van der Waals surface area (Å²) >= 11 is 0. The third-order valence-electron chi connectivity index (χ3n) is 15.8. The van der Waals surface area contributed by atoms with E-state index in [1.54, 1.807) is 0 Å². The standard InChI is InChI=1S/C71H134O17P2/c1-7-9-11-13-15-17-19-20-21-22-25-30-37-43-49-55-70(75)87-66(59-82-69(74)54-48-42-36-29-26-23-24-27-33-39-45-51-63(3)4)61-85-89(77,78)83-57-65(72)58-84-90(79,80)86-62-67(60-81-68(73)53-47-41-35-28-18-16-14-12-10-8-2)88-71(76)56-50-44-38-32-31-34-40-46-52-64(5)6/h17,19-21,63-67,72H,7-16,18,22-62H2,1-6H3,(H,77,78)(H,79,80)/b19-17-,21-20-/t65-,66-,67-/m1/s1. The molecule has 0 aliphatic rings. The second-order valence-electron chi connectivity index (χ2n) is 25.9. The van der Waals surface area contributed by atoms with Crippen LogP contribution in [0.1, 0.15) is 337 Å². The molecule has 19 heteroatoms. The van der Waals surface area contributed by atoms with Crippen LogP contribution in [0.5, 0.6) is 0 Å². The van der Waals surface area contributed by atoms with Crippen LogP contribution in [0.2, 0.25) is 0 Å². The van der Waals surface area contributed by atoms with Gasteiger partial charge in [0.2, 0.25) is 0 Å². The lowest BCUT2D eigenvalue weighted by molar-refractivity contribution is -0.161. The Balaban J connectivity index is 5.29. The Labute approximate surface area is 548 Å². The van der Waals surface area contributed by atoms with E-state index in [9.17, 15) is 43.2 Å². The average Bonchev–Trinajstić information content (AvgIpc) is 3.07. The molecule has 530 valence electrons. The minimum Gasteiger partial charge on any atom is -0.462 e. The lowest BCUT2D eigenvalue weighted by atomic mass is 10.0. The number of unbranched alkanes of at least 4 members (excludes halogenated alkanes) is 35. The molecule has 0 heterocycles. The van der Waals surface area contributed by atoms with Gasteiger partial charge in [0.05, 0.1) is 26.4 Å². The Bertz CT molecular complexity index is 1850. The molecule has 0 bridgehead atoms. The predicted octanol–water partition coefficient (Wildman–Crippen LogP) is 19.9. The second kappa shape index (κ2) is 62.6. The van der Waals surface area contributed by atoms with E-state index in [1.165, 1.54) is 141 Å². The van der Waals surface area contributed by atoms with E-state index in [0.29, 0.717) is 25.7 Å². The maximum Gasteiger partial charge on any atom is 0.472 e. The van der Waals surface area contributed by atoms with Gasteiger partial charge in [-0.3, -0.25) is 37.3 Å². The number of hydrogen-bond acceptors (Lipinski definition) is 15. The van der Waals surface area contributed by atoms with Gasteiger partial charge < -0.3 is 33.8 Å². The van der Waals surface area contributed by atoms with Crippen molar-refractivity contribution in [3.05, 3.63) is 24.3 Å². The molecule has 0 amide bonds. The van der Waals surface area contributed by atoms with Crippen molar-refractivity contribution in [2.45, 2.75) is 355 Å². The molecule has 0 aromatic rings. The largest absolute Gasteiger partial charge is 0.472 e. The summed E-state index contributed by atoms with van der Waals surface area (Å²) < 4.78 is 68.2.